The van der Waals surface area contributed by atoms with Crippen LogP contribution >= 0.6 is 0 Å². The van der Waals surface area contributed by atoms with Crippen molar-refractivity contribution < 1.29 is 4.79 Å². The predicted octanol–water partition coefficient (Wildman–Crippen LogP) is 3.75. The molecule has 0 spiro atoms. The van der Waals surface area contributed by atoms with Crippen LogP contribution in [0.3, 0.4) is 0 Å². The van der Waals surface area contributed by atoms with Gasteiger partial charge in [0.2, 0.25) is 0 Å². The standard InChI is InChI=1S/C15H23NO/c1-11-10-12-13(6-5-7-14(12)17)16(11)9-8-15(2,3)4/h10H,5-9H2,1-4H3. The summed E-state index contributed by atoms with van der Waals surface area (Å²) in [5.41, 5.74) is 3.86. The van der Waals surface area contributed by atoms with Crippen LogP contribution in [0.15, 0.2) is 6.07 Å². The maximum absolute atomic E-state index is 11.8. The van der Waals surface area contributed by atoms with Gasteiger partial charge in [-0.05, 0) is 37.7 Å². The molecule has 94 valence electrons. The Morgan fingerprint density at radius 1 is 1.29 bits per heavy atom. The van der Waals surface area contributed by atoms with Gasteiger partial charge in [0.05, 0.1) is 0 Å². The Morgan fingerprint density at radius 2 is 2.00 bits per heavy atom. The van der Waals surface area contributed by atoms with Crippen molar-refractivity contribution in [2.24, 2.45) is 5.41 Å². The van der Waals surface area contributed by atoms with E-state index in [1.165, 1.54) is 11.4 Å². The minimum Gasteiger partial charge on any atom is -0.348 e. The van der Waals surface area contributed by atoms with E-state index in [1.54, 1.807) is 0 Å². The van der Waals surface area contributed by atoms with Gasteiger partial charge in [-0.25, -0.2) is 0 Å². The lowest BCUT2D eigenvalue weighted by Crippen LogP contribution is -2.16. The first kappa shape index (κ1) is 12.4. The highest BCUT2D eigenvalue weighted by Crippen LogP contribution is 2.27. The average molecular weight is 233 g/mol. The molecule has 2 nitrogen and oxygen atoms in total. The number of carbonyl (C=O) groups excluding carboxylic acids is 1. The Hall–Kier alpha value is -1.05. The number of ketones is 1. The monoisotopic (exact) mass is 233 g/mol. The summed E-state index contributed by atoms with van der Waals surface area (Å²) in [7, 11) is 0. The lowest BCUT2D eigenvalue weighted by molar-refractivity contribution is 0.0971. The van der Waals surface area contributed by atoms with Crippen molar-refractivity contribution in [2.75, 3.05) is 0 Å². The molecular formula is C15H23NO. The third-order valence-corrected chi connectivity index (χ3v) is 3.62. The van der Waals surface area contributed by atoms with E-state index in [4.69, 9.17) is 0 Å². The fraction of sp³-hybridized carbons (Fsp3) is 0.667. The Bertz CT molecular complexity index is 435. The molecule has 17 heavy (non-hydrogen) atoms. The molecule has 1 heterocycles. The van der Waals surface area contributed by atoms with Crippen LogP contribution in [0.5, 0.6) is 0 Å². The molecule has 0 unspecified atom stereocenters. The Labute approximate surface area is 104 Å². The molecule has 1 aromatic rings. The molecule has 0 saturated heterocycles. The molecule has 0 radical (unpaired) electrons. The van der Waals surface area contributed by atoms with Crippen LogP contribution in [0.25, 0.3) is 0 Å². The number of hydrogen-bond acceptors (Lipinski definition) is 1. The Balaban J connectivity index is 2.26. The summed E-state index contributed by atoms with van der Waals surface area (Å²) in [4.78, 5) is 11.8. The quantitative estimate of drug-likeness (QED) is 0.762. The minimum atomic E-state index is 0.337. The summed E-state index contributed by atoms with van der Waals surface area (Å²) in [5, 5.41) is 0. The van der Waals surface area contributed by atoms with E-state index in [2.05, 4.69) is 38.3 Å². The number of rotatable bonds is 2. The summed E-state index contributed by atoms with van der Waals surface area (Å²) in [5.74, 6) is 0.337. The molecular weight excluding hydrogens is 210 g/mol. The second kappa shape index (κ2) is 4.32. The summed E-state index contributed by atoms with van der Waals surface area (Å²) >= 11 is 0. The first-order chi connectivity index (χ1) is 7.88. The van der Waals surface area contributed by atoms with E-state index >= 15 is 0 Å². The SMILES string of the molecule is Cc1cc2c(n1CCC(C)(C)C)CCCC2=O. The van der Waals surface area contributed by atoms with E-state index in [1.807, 2.05) is 0 Å². The molecule has 0 saturated carbocycles. The molecule has 0 bridgehead atoms. The van der Waals surface area contributed by atoms with Crippen molar-refractivity contribution in [1.82, 2.24) is 4.57 Å². The fourth-order valence-electron chi connectivity index (χ4n) is 2.55. The highest BCUT2D eigenvalue weighted by Gasteiger charge is 2.23. The zero-order chi connectivity index (χ0) is 12.6. The summed E-state index contributed by atoms with van der Waals surface area (Å²) in [6, 6.07) is 2.08. The lowest BCUT2D eigenvalue weighted by atomic mass is 9.92. The molecule has 0 atom stereocenters. The van der Waals surface area contributed by atoms with E-state index in [9.17, 15) is 4.79 Å². The van der Waals surface area contributed by atoms with Crippen molar-refractivity contribution >= 4 is 5.78 Å². The summed E-state index contributed by atoms with van der Waals surface area (Å²) < 4.78 is 2.36. The first-order valence-electron chi connectivity index (χ1n) is 6.61. The van der Waals surface area contributed by atoms with E-state index < -0.39 is 0 Å². The third-order valence-electron chi connectivity index (χ3n) is 3.62. The first-order valence-corrected chi connectivity index (χ1v) is 6.61. The van der Waals surface area contributed by atoms with Gasteiger partial charge in [-0.2, -0.15) is 0 Å². The Kier molecular flexibility index (Phi) is 3.15. The number of Topliss-reactive ketones (excluding diaryl/α,β-unsaturated/α-hetero) is 1. The summed E-state index contributed by atoms with van der Waals surface area (Å²) in [6.45, 7) is 9.96. The van der Waals surface area contributed by atoms with Crippen LogP contribution in [0.4, 0.5) is 0 Å². The van der Waals surface area contributed by atoms with Gasteiger partial charge in [-0.3, -0.25) is 4.79 Å². The van der Waals surface area contributed by atoms with Gasteiger partial charge in [-0.1, -0.05) is 20.8 Å². The molecule has 1 aliphatic rings. The van der Waals surface area contributed by atoms with Crippen molar-refractivity contribution in [2.45, 2.75) is 59.9 Å². The van der Waals surface area contributed by atoms with E-state index in [0.717, 1.165) is 37.8 Å². The topological polar surface area (TPSA) is 22.0 Å². The van der Waals surface area contributed by atoms with Crippen LogP contribution in [0, 0.1) is 12.3 Å². The van der Waals surface area contributed by atoms with Crippen LogP contribution in [-0.4, -0.2) is 10.4 Å². The van der Waals surface area contributed by atoms with Gasteiger partial charge in [0.25, 0.3) is 0 Å². The number of fused-ring (bicyclic) bond motifs is 1. The van der Waals surface area contributed by atoms with Crippen LogP contribution in [-0.2, 0) is 13.0 Å². The van der Waals surface area contributed by atoms with Gasteiger partial charge in [-0.15, -0.1) is 0 Å². The number of carbonyl (C=O) groups is 1. The molecule has 2 rings (SSSR count). The van der Waals surface area contributed by atoms with Crippen LogP contribution in [0.2, 0.25) is 0 Å². The maximum Gasteiger partial charge on any atom is 0.164 e. The number of nitrogens with zero attached hydrogens (tertiary/aromatic N) is 1. The second-order valence-electron chi connectivity index (χ2n) is 6.39. The molecule has 0 N–H and O–H groups in total. The molecule has 2 heteroatoms. The minimum absolute atomic E-state index is 0.337. The van der Waals surface area contributed by atoms with Crippen molar-refractivity contribution in [3.8, 4) is 0 Å². The van der Waals surface area contributed by atoms with Gasteiger partial charge in [0, 0.05) is 29.9 Å². The fourth-order valence-corrected chi connectivity index (χ4v) is 2.55. The molecule has 0 aromatic carbocycles. The van der Waals surface area contributed by atoms with Crippen LogP contribution < -0.4 is 0 Å². The molecule has 1 aromatic heterocycles. The molecule has 1 aliphatic carbocycles. The van der Waals surface area contributed by atoms with Gasteiger partial charge in [0.1, 0.15) is 0 Å². The maximum atomic E-state index is 11.8. The highest BCUT2D eigenvalue weighted by atomic mass is 16.1. The van der Waals surface area contributed by atoms with E-state index in [0.29, 0.717) is 11.2 Å². The smallest absolute Gasteiger partial charge is 0.164 e. The van der Waals surface area contributed by atoms with Gasteiger partial charge in [0.15, 0.2) is 5.78 Å². The molecule has 0 fully saturated rings. The molecule has 0 aliphatic heterocycles. The number of aromatic nitrogens is 1. The van der Waals surface area contributed by atoms with E-state index in [-0.39, 0.29) is 0 Å². The van der Waals surface area contributed by atoms with Gasteiger partial charge >= 0.3 is 0 Å². The third kappa shape index (κ3) is 2.62. The Morgan fingerprint density at radius 3 is 2.65 bits per heavy atom. The average Bonchev–Trinajstić information content (AvgIpc) is 2.52. The number of hydrogen-bond donors (Lipinski definition) is 0. The molecule has 0 amide bonds. The number of aryl methyl sites for hydroxylation is 1. The largest absolute Gasteiger partial charge is 0.348 e. The van der Waals surface area contributed by atoms with Gasteiger partial charge < -0.3 is 4.57 Å². The highest BCUT2D eigenvalue weighted by molar-refractivity contribution is 5.98. The van der Waals surface area contributed by atoms with Crippen molar-refractivity contribution in [3.63, 3.8) is 0 Å². The van der Waals surface area contributed by atoms with Crippen LogP contribution in [0.1, 0.15) is 61.8 Å². The van der Waals surface area contributed by atoms with Crippen molar-refractivity contribution in [1.29, 1.82) is 0 Å². The summed E-state index contributed by atoms with van der Waals surface area (Å²) in [6.07, 6.45) is 3.97. The predicted molar refractivity (Wildman–Crippen MR) is 70.5 cm³/mol. The zero-order valence-electron chi connectivity index (χ0n) is 11.5. The zero-order valence-corrected chi connectivity index (χ0v) is 11.5. The second-order valence-corrected chi connectivity index (χ2v) is 6.39. The lowest BCUT2D eigenvalue weighted by Gasteiger charge is -2.21. The van der Waals surface area contributed by atoms with Crippen molar-refractivity contribution in [3.05, 3.63) is 23.0 Å². The normalized spacial score (nSPS) is 16.1.